The number of aromatic nitrogens is 3. The Morgan fingerprint density at radius 3 is 2.48 bits per heavy atom. The molecular weight excluding hydrogens is 366 g/mol. The lowest BCUT2D eigenvalue weighted by molar-refractivity contribution is 0.412. The molecule has 6 nitrogen and oxygen atoms in total. The molecule has 0 saturated heterocycles. The Balaban J connectivity index is 2.14. The van der Waals surface area contributed by atoms with Gasteiger partial charge in [0.15, 0.2) is 0 Å². The lowest BCUT2D eigenvalue weighted by Gasteiger charge is -2.16. The number of pyridine rings is 1. The number of nitrogens with zero attached hydrogens (tertiary/aromatic N) is 2. The molecule has 1 aromatic carbocycles. The largest absolute Gasteiger partial charge is 0.440 e. The van der Waals surface area contributed by atoms with Crippen LogP contribution in [-0.4, -0.2) is 14.5 Å². The SMILES string of the molecule is CCc1c(Oc2cc(C)cc(C)c2)n(Cc2cccc(Cl)n2)c(=O)[nH]c1=O. The van der Waals surface area contributed by atoms with Crippen LogP contribution in [0.4, 0.5) is 0 Å². The number of ether oxygens (including phenoxy) is 1. The molecule has 0 aliphatic carbocycles. The van der Waals surface area contributed by atoms with Crippen molar-refractivity contribution in [1.82, 2.24) is 14.5 Å². The number of H-pyrrole nitrogens is 1. The predicted octanol–water partition coefficient (Wildman–Crippen LogP) is 3.60. The van der Waals surface area contributed by atoms with Gasteiger partial charge in [-0.05, 0) is 55.7 Å². The fourth-order valence-corrected chi connectivity index (χ4v) is 3.15. The standard InChI is InChI=1S/C20H20ClN3O3/c1-4-16-18(25)23-20(26)24(11-14-6-5-7-17(21)22-14)19(16)27-15-9-12(2)8-13(3)10-15/h5-10H,4,11H2,1-3H3,(H,23,25,26). The molecule has 0 bridgehead atoms. The molecule has 0 amide bonds. The van der Waals surface area contributed by atoms with E-state index in [-0.39, 0.29) is 12.4 Å². The van der Waals surface area contributed by atoms with Crippen LogP contribution in [0.3, 0.4) is 0 Å². The molecule has 3 rings (SSSR count). The number of aryl methyl sites for hydroxylation is 2. The third-order valence-electron chi connectivity index (χ3n) is 4.10. The molecule has 27 heavy (non-hydrogen) atoms. The van der Waals surface area contributed by atoms with E-state index in [1.54, 1.807) is 18.2 Å². The number of benzene rings is 1. The van der Waals surface area contributed by atoms with E-state index in [0.29, 0.717) is 28.6 Å². The molecule has 0 fully saturated rings. The highest BCUT2D eigenvalue weighted by molar-refractivity contribution is 6.29. The first kappa shape index (κ1) is 18.9. The van der Waals surface area contributed by atoms with E-state index in [9.17, 15) is 9.59 Å². The molecule has 140 valence electrons. The van der Waals surface area contributed by atoms with Crippen LogP contribution in [-0.2, 0) is 13.0 Å². The van der Waals surface area contributed by atoms with Gasteiger partial charge in [-0.1, -0.05) is 30.7 Å². The van der Waals surface area contributed by atoms with E-state index in [4.69, 9.17) is 16.3 Å². The van der Waals surface area contributed by atoms with E-state index >= 15 is 0 Å². The smallest absolute Gasteiger partial charge is 0.331 e. The van der Waals surface area contributed by atoms with Crippen molar-refractivity contribution in [2.75, 3.05) is 0 Å². The molecule has 0 unspecified atom stereocenters. The van der Waals surface area contributed by atoms with Crippen LogP contribution >= 0.6 is 11.6 Å². The van der Waals surface area contributed by atoms with Crippen molar-refractivity contribution in [2.24, 2.45) is 0 Å². The maximum Gasteiger partial charge on any atom is 0.331 e. The Labute approximate surface area is 161 Å². The molecular formula is C20H20ClN3O3. The Kier molecular flexibility index (Phi) is 5.46. The molecule has 0 aliphatic rings. The van der Waals surface area contributed by atoms with E-state index in [2.05, 4.69) is 9.97 Å². The molecule has 0 radical (unpaired) electrons. The number of hydrogen-bond acceptors (Lipinski definition) is 4. The molecule has 0 saturated carbocycles. The second kappa shape index (κ2) is 7.80. The maximum atomic E-state index is 12.5. The van der Waals surface area contributed by atoms with Gasteiger partial charge in [0.25, 0.3) is 5.56 Å². The van der Waals surface area contributed by atoms with Crippen LogP contribution in [0.2, 0.25) is 5.15 Å². The highest BCUT2D eigenvalue weighted by Crippen LogP contribution is 2.25. The van der Waals surface area contributed by atoms with Gasteiger partial charge in [-0.3, -0.25) is 14.3 Å². The van der Waals surface area contributed by atoms with Gasteiger partial charge in [-0.25, -0.2) is 9.78 Å². The molecule has 2 heterocycles. The number of nitrogens with one attached hydrogen (secondary N) is 1. The second-order valence-corrected chi connectivity index (χ2v) is 6.75. The number of aromatic amines is 1. The van der Waals surface area contributed by atoms with Gasteiger partial charge < -0.3 is 4.74 Å². The van der Waals surface area contributed by atoms with E-state index in [0.717, 1.165) is 11.1 Å². The van der Waals surface area contributed by atoms with Crippen molar-refractivity contribution in [3.8, 4) is 11.6 Å². The predicted molar refractivity (Wildman–Crippen MR) is 105 cm³/mol. The quantitative estimate of drug-likeness (QED) is 0.681. The third-order valence-corrected chi connectivity index (χ3v) is 4.31. The summed E-state index contributed by atoms with van der Waals surface area (Å²) in [7, 11) is 0. The minimum atomic E-state index is -0.557. The second-order valence-electron chi connectivity index (χ2n) is 6.36. The van der Waals surface area contributed by atoms with Crippen molar-refractivity contribution >= 4 is 11.6 Å². The summed E-state index contributed by atoms with van der Waals surface area (Å²) in [6.07, 6.45) is 0.415. The van der Waals surface area contributed by atoms with Gasteiger partial charge >= 0.3 is 5.69 Å². The zero-order valence-electron chi connectivity index (χ0n) is 15.4. The van der Waals surface area contributed by atoms with Crippen LogP contribution in [0.15, 0.2) is 46.0 Å². The zero-order chi connectivity index (χ0) is 19.6. The van der Waals surface area contributed by atoms with Crippen molar-refractivity contribution in [3.05, 3.63) is 84.8 Å². The van der Waals surface area contributed by atoms with Crippen molar-refractivity contribution in [2.45, 2.75) is 33.7 Å². The average Bonchev–Trinajstić information content (AvgIpc) is 2.57. The molecule has 1 N–H and O–H groups in total. The highest BCUT2D eigenvalue weighted by atomic mass is 35.5. The summed E-state index contributed by atoms with van der Waals surface area (Å²) >= 11 is 5.95. The van der Waals surface area contributed by atoms with Gasteiger partial charge in [-0.2, -0.15) is 0 Å². The fourth-order valence-electron chi connectivity index (χ4n) is 2.97. The monoisotopic (exact) mass is 385 g/mol. The van der Waals surface area contributed by atoms with E-state index in [1.807, 2.05) is 39.0 Å². The molecule has 2 aromatic heterocycles. The molecule has 0 atom stereocenters. The fraction of sp³-hybridized carbons (Fsp3) is 0.250. The molecule has 3 aromatic rings. The Bertz CT molecular complexity index is 1080. The zero-order valence-corrected chi connectivity index (χ0v) is 16.1. The first-order valence-electron chi connectivity index (χ1n) is 8.61. The van der Waals surface area contributed by atoms with Crippen molar-refractivity contribution < 1.29 is 4.74 Å². The van der Waals surface area contributed by atoms with Gasteiger partial charge in [0.2, 0.25) is 5.88 Å². The number of halogens is 1. The average molecular weight is 386 g/mol. The lowest BCUT2D eigenvalue weighted by atomic mass is 10.1. The molecule has 0 spiro atoms. The molecule has 7 heteroatoms. The Morgan fingerprint density at radius 1 is 1.15 bits per heavy atom. The van der Waals surface area contributed by atoms with Crippen LogP contribution in [0.1, 0.15) is 29.3 Å². The van der Waals surface area contributed by atoms with Gasteiger partial charge in [-0.15, -0.1) is 0 Å². The van der Waals surface area contributed by atoms with E-state index in [1.165, 1.54) is 4.57 Å². The summed E-state index contributed by atoms with van der Waals surface area (Å²) in [6.45, 7) is 5.89. The van der Waals surface area contributed by atoms with Crippen LogP contribution in [0.25, 0.3) is 0 Å². The Morgan fingerprint density at radius 2 is 1.85 bits per heavy atom. The topological polar surface area (TPSA) is 77.0 Å². The van der Waals surface area contributed by atoms with Crippen molar-refractivity contribution in [1.29, 1.82) is 0 Å². The van der Waals surface area contributed by atoms with Crippen LogP contribution < -0.4 is 16.0 Å². The van der Waals surface area contributed by atoms with E-state index < -0.39 is 11.2 Å². The van der Waals surface area contributed by atoms with Crippen LogP contribution in [0, 0.1) is 13.8 Å². The molecule has 0 aliphatic heterocycles. The maximum absolute atomic E-state index is 12.5. The third kappa shape index (κ3) is 4.28. The normalized spacial score (nSPS) is 10.8. The summed E-state index contributed by atoms with van der Waals surface area (Å²) in [6, 6.07) is 10.9. The van der Waals surface area contributed by atoms with Gasteiger partial charge in [0, 0.05) is 0 Å². The number of rotatable bonds is 5. The summed E-state index contributed by atoms with van der Waals surface area (Å²) < 4.78 is 7.41. The van der Waals surface area contributed by atoms with Gasteiger partial charge in [0.05, 0.1) is 17.8 Å². The van der Waals surface area contributed by atoms with Crippen LogP contribution in [0.5, 0.6) is 11.6 Å². The summed E-state index contributed by atoms with van der Waals surface area (Å²) in [5.41, 5.74) is 2.03. The number of hydrogen-bond donors (Lipinski definition) is 1. The lowest BCUT2D eigenvalue weighted by Crippen LogP contribution is -2.33. The summed E-state index contributed by atoms with van der Waals surface area (Å²) in [5.74, 6) is 0.790. The minimum Gasteiger partial charge on any atom is -0.440 e. The van der Waals surface area contributed by atoms with Crippen molar-refractivity contribution in [3.63, 3.8) is 0 Å². The first-order valence-corrected chi connectivity index (χ1v) is 8.98. The summed E-state index contributed by atoms with van der Waals surface area (Å²) in [4.78, 5) is 31.4. The highest BCUT2D eigenvalue weighted by Gasteiger charge is 2.17. The Hall–Kier alpha value is -2.86. The summed E-state index contributed by atoms with van der Waals surface area (Å²) in [5, 5.41) is 0.331. The first-order chi connectivity index (χ1) is 12.9. The van der Waals surface area contributed by atoms with Gasteiger partial charge in [0.1, 0.15) is 10.9 Å². The minimum absolute atomic E-state index is 0.128.